The minimum absolute atomic E-state index is 0.112. The molecule has 3 rings (SSSR count). The quantitative estimate of drug-likeness (QED) is 0.239. The standard InChI is InChI=1S/C22H12ClF2NO2/c23-18-7-4-15(5-8-18)17(13-26)10-14-2-1-3-19(11-14)28-22(27)16-6-9-20(24)21(25)12-16/h1-12H/b17-10-. The summed E-state index contributed by atoms with van der Waals surface area (Å²) >= 11 is 5.86. The van der Waals surface area contributed by atoms with Crippen LogP contribution in [0.15, 0.2) is 66.7 Å². The number of ether oxygens (including phenoxy) is 1. The van der Waals surface area contributed by atoms with Gasteiger partial charge in [-0.2, -0.15) is 5.26 Å². The molecule has 0 spiro atoms. The van der Waals surface area contributed by atoms with Gasteiger partial charge in [-0.05, 0) is 59.7 Å². The molecule has 28 heavy (non-hydrogen) atoms. The molecular weight excluding hydrogens is 384 g/mol. The molecule has 3 aromatic rings. The number of hydrogen-bond donors (Lipinski definition) is 0. The van der Waals surface area contributed by atoms with E-state index in [1.165, 1.54) is 0 Å². The first-order chi connectivity index (χ1) is 13.5. The second-order valence-electron chi connectivity index (χ2n) is 5.77. The monoisotopic (exact) mass is 395 g/mol. The Hall–Kier alpha value is -3.49. The van der Waals surface area contributed by atoms with Crippen LogP contribution in [0.3, 0.4) is 0 Å². The zero-order chi connectivity index (χ0) is 20.1. The number of carbonyl (C=O) groups is 1. The molecule has 0 unspecified atom stereocenters. The normalized spacial score (nSPS) is 11.0. The van der Waals surface area contributed by atoms with Gasteiger partial charge in [0.25, 0.3) is 0 Å². The van der Waals surface area contributed by atoms with E-state index in [1.54, 1.807) is 54.6 Å². The molecule has 6 heteroatoms. The molecule has 0 fully saturated rings. The number of carbonyl (C=O) groups excluding carboxylic acids is 1. The fourth-order valence-corrected chi connectivity index (χ4v) is 2.56. The number of allylic oxidation sites excluding steroid dienone is 1. The van der Waals surface area contributed by atoms with E-state index in [2.05, 4.69) is 6.07 Å². The first-order valence-electron chi connectivity index (χ1n) is 8.11. The molecule has 0 aliphatic heterocycles. The molecule has 0 heterocycles. The van der Waals surface area contributed by atoms with Crippen molar-refractivity contribution < 1.29 is 18.3 Å². The number of rotatable bonds is 4. The van der Waals surface area contributed by atoms with E-state index in [0.29, 0.717) is 21.7 Å². The van der Waals surface area contributed by atoms with Gasteiger partial charge in [-0.3, -0.25) is 0 Å². The molecule has 0 saturated carbocycles. The molecular formula is C22H12ClF2NO2. The van der Waals surface area contributed by atoms with Crippen molar-refractivity contribution >= 4 is 29.2 Å². The van der Waals surface area contributed by atoms with Crippen LogP contribution in [0.5, 0.6) is 5.75 Å². The smallest absolute Gasteiger partial charge is 0.343 e. The van der Waals surface area contributed by atoms with Crippen molar-refractivity contribution in [3.05, 3.63) is 100 Å². The molecule has 0 bridgehead atoms. The van der Waals surface area contributed by atoms with Crippen LogP contribution in [-0.2, 0) is 0 Å². The van der Waals surface area contributed by atoms with Gasteiger partial charge in [0, 0.05) is 5.02 Å². The molecule has 0 aromatic heterocycles. The topological polar surface area (TPSA) is 50.1 Å². The zero-order valence-corrected chi connectivity index (χ0v) is 15.1. The van der Waals surface area contributed by atoms with Crippen molar-refractivity contribution in [3.8, 4) is 11.8 Å². The second kappa shape index (κ2) is 8.47. The maximum Gasteiger partial charge on any atom is 0.343 e. The highest BCUT2D eigenvalue weighted by atomic mass is 35.5. The van der Waals surface area contributed by atoms with Crippen molar-refractivity contribution in [1.82, 2.24) is 0 Å². The molecule has 0 aliphatic carbocycles. The van der Waals surface area contributed by atoms with Gasteiger partial charge in [-0.1, -0.05) is 35.9 Å². The van der Waals surface area contributed by atoms with E-state index < -0.39 is 17.6 Å². The van der Waals surface area contributed by atoms with Crippen molar-refractivity contribution in [1.29, 1.82) is 5.26 Å². The Morgan fingerprint density at radius 1 is 0.964 bits per heavy atom. The van der Waals surface area contributed by atoms with Crippen LogP contribution in [0.2, 0.25) is 5.02 Å². The number of nitriles is 1. The SMILES string of the molecule is N#C/C(=C/c1cccc(OC(=O)c2ccc(F)c(F)c2)c1)c1ccc(Cl)cc1. The Balaban J connectivity index is 1.83. The average molecular weight is 396 g/mol. The predicted molar refractivity (Wildman–Crippen MR) is 103 cm³/mol. The van der Waals surface area contributed by atoms with E-state index in [9.17, 15) is 18.8 Å². The van der Waals surface area contributed by atoms with E-state index >= 15 is 0 Å². The largest absolute Gasteiger partial charge is 0.423 e. The van der Waals surface area contributed by atoms with E-state index in [4.69, 9.17) is 16.3 Å². The van der Waals surface area contributed by atoms with Crippen LogP contribution in [-0.4, -0.2) is 5.97 Å². The van der Waals surface area contributed by atoms with Gasteiger partial charge >= 0.3 is 5.97 Å². The summed E-state index contributed by atoms with van der Waals surface area (Å²) in [5, 5.41) is 9.98. The second-order valence-corrected chi connectivity index (χ2v) is 6.20. The lowest BCUT2D eigenvalue weighted by atomic mass is 10.0. The van der Waals surface area contributed by atoms with Crippen molar-refractivity contribution in [2.45, 2.75) is 0 Å². The third-order valence-electron chi connectivity index (χ3n) is 3.81. The summed E-state index contributed by atoms with van der Waals surface area (Å²) < 4.78 is 31.5. The fraction of sp³-hybridized carbons (Fsp3) is 0. The van der Waals surface area contributed by atoms with Gasteiger partial charge in [0.1, 0.15) is 5.75 Å². The maximum atomic E-state index is 13.3. The number of halogens is 3. The number of benzene rings is 3. The molecule has 0 aliphatic rings. The van der Waals surface area contributed by atoms with Crippen molar-refractivity contribution in [2.24, 2.45) is 0 Å². The Morgan fingerprint density at radius 2 is 1.68 bits per heavy atom. The number of esters is 1. The molecule has 138 valence electrons. The third kappa shape index (κ3) is 4.61. The molecule has 3 nitrogen and oxygen atoms in total. The molecule has 0 atom stereocenters. The molecule has 0 N–H and O–H groups in total. The summed E-state index contributed by atoms with van der Waals surface area (Å²) in [6.07, 6.45) is 1.64. The van der Waals surface area contributed by atoms with Crippen LogP contribution in [0, 0.1) is 23.0 Å². The first kappa shape index (κ1) is 19.3. The molecule has 0 amide bonds. The average Bonchev–Trinajstić information content (AvgIpc) is 2.69. The van der Waals surface area contributed by atoms with Crippen LogP contribution >= 0.6 is 11.6 Å². The molecule has 0 saturated heterocycles. The third-order valence-corrected chi connectivity index (χ3v) is 4.06. The Bertz CT molecular complexity index is 1100. The Kier molecular flexibility index (Phi) is 5.83. The van der Waals surface area contributed by atoms with Crippen molar-refractivity contribution in [3.63, 3.8) is 0 Å². The number of hydrogen-bond acceptors (Lipinski definition) is 3. The highest BCUT2D eigenvalue weighted by Crippen LogP contribution is 2.22. The van der Waals surface area contributed by atoms with E-state index in [1.807, 2.05) is 0 Å². The minimum atomic E-state index is -1.13. The summed E-state index contributed by atoms with van der Waals surface area (Å²) in [5.41, 5.74) is 1.61. The lowest BCUT2D eigenvalue weighted by Crippen LogP contribution is -2.09. The first-order valence-corrected chi connectivity index (χ1v) is 8.49. The van der Waals surface area contributed by atoms with Crippen molar-refractivity contribution in [2.75, 3.05) is 0 Å². The summed E-state index contributed by atoms with van der Waals surface area (Å²) in [6.45, 7) is 0. The maximum absolute atomic E-state index is 13.3. The lowest BCUT2D eigenvalue weighted by molar-refractivity contribution is 0.0734. The van der Waals surface area contributed by atoms with Gasteiger partial charge < -0.3 is 4.74 Å². The van der Waals surface area contributed by atoms with Crippen LogP contribution < -0.4 is 4.74 Å². The van der Waals surface area contributed by atoms with E-state index in [-0.39, 0.29) is 11.3 Å². The summed E-state index contributed by atoms with van der Waals surface area (Å²) in [4.78, 5) is 12.1. The summed E-state index contributed by atoms with van der Waals surface area (Å²) in [6, 6.07) is 18.2. The highest BCUT2D eigenvalue weighted by molar-refractivity contribution is 6.30. The predicted octanol–water partition coefficient (Wildman–Crippen LogP) is 5.90. The summed E-state index contributed by atoms with van der Waals surface area (Å²) in [5.74, 6) is -2.79. The van der Waals surface area contributed by atoms with E-state index in [0.717, 1.165) is 18.2 Å². The zero-order valence-electron chi connectivity index (χ0n) is 14.3. The van der Waals surface area contributed by atoms with Gasteiger partial charge in [-0.15, -0.1) is 0 Å². The van der Waals surface area contributed by atoms with Gasteiger partial charge in [-0.25, -0.2) is 13.6 Å². The highest BCUT2D eigenvalue weighted by Gasteiger charge is 2.12. The van der Waals surface area contributed by atoms with Crippen LogP contribution in [0.25, 0.3) is 11.6 Å². The molecule has 3 aromatic carbocycles. The van der Waals surface area contributed by atoms with Gasteiger partial charge in [0.2, 0.25) is 0 Å². The molecule has 0 radical (unpaired) electrons. The lowest BCUT2D eigenvalue weighted by Gasteiger charge is -2.06. The van der Waals surface area contributed by atoms with Gasteiger partial charge in [0.05, 0.1) is 17.2 Å². The van der Waals surface area contributed by atoms with Gasteiger partial charge in [0.15, 0.2) is 11.6 Å². The number of nitrogens with zero attached hydrogens (tertiary/aromatic N) is 1. The fourth-order valence-electron chi connectivity index (χ4n) is 2.43. The van der Waals surface area contributed by atoms with Crippen LogP contribution in [0.4, 0.5) is 8.78 Å². The Labute approximate surface area is 165 Å². The summed E-state index contributed by atoms with van der Waals surface area (Å²) in [7, 11) is 0. The minimum Gasteiger partial charge on any atom is -0.423 e. The Morgan fingerprint density at radius 3 is 2.36 bits per heavy atom. The van der Waals surface area contributed by atoms with Crippen LogP contribution in [0.1, 0.15) is 21.5 Å².